The van der Waals surface area contributed by atoms with Crippen molar-refractivity contribution in [1.29, 1.82) is 0 Å². The first-order chi connectivity index (χ1) is 6.15. The van der Waals surface area contributed by atoms with E-state index in [0.717, 1.165) is 19.0 Å². The van der Waals surface area contributed by atoms with Crippen LogP contribution < -0.4 is 0 Å². The molecule has 0 unspecified atom stereocenters. The number of likely N-dealkylation sites (tertiary alicyclic amines) is 1. The highest BCUT2D eigenvalue weighted by Gasteiger charge is 2.51. The minimum absolute atomic E-state index is 0.188. The molecule has 0 aromatic heterocycles. The van der Waals surface area contributed by atoms with Gasteiger partial charge in [-0.15, -0.1) is 0 Å². The quantitative estimate of drug-likeness (QED) is 0.562. The number of amides is 1. The average Bonchev–Trinajstić information content (AvgIpc) is 1.94. The average molecular weight is 179 g/mol. The molecule has 0 bridgehead atoms. The predicted octanol–water partition coefficient (Wildman–Crippen LogP) is 1.82. The molecule has 2 rings (SSSR count). The second kappa shape index (κ2) is 2.86. The molecule has 1 aliphatic carbocycles. The zero-order chi connectivity index (χ0) is 9.47. The lowest BCUT2D eigenvalue weighted by molar-refractivity contribution is -0.148. The molecule has 0 aromatic rings. The highest BCUT2D eigenvalue weighted by molar-refractivity contribution is 5.88. The summed E-state index contributed by atoms with van der Waals surface area (Å²) in [6.07, 6.45) is 6.13. The lowest BCUT2D eigenvalue weighted by Crippen LogP contribution is -2.63. The van der Waals surface area contributed by atoms with Crippen LogP contribution in [-0.4, -0.2) is 23.9 Å². The summed E-state index contributed by atoms with van der Waals surface area (Å²) in [6.45, 7) is 6.18. The van der Waals surface area contributed by atoms with Gasteiger partial charge in [-0.1, -0.05) is 13.0 Å². The molecule has 1 amide bonds. The van der Waals surface area contributed by atoms with Crippen molar-refractivity contribution in [2.75, 3.05) is 13.1 Å². The number of hydrogen-bond acceptors (Lipinski definition) is 1. The van der Waals surface area contributed by atoms with Crippen LogP contribution in [0.1, 0.15) is 26.7 Å². The van der Waals surface area contributed by atoms with Gasteiger partial charge < -0.3 is 4.90 Å². The summed E-state index contributed by atoms with van der Waals surface area (Å²) in [6, 6.07) is 0. The third-order valence-electron chi connectivity index (χ3n) is 3.24. The highest BCUT2D eigenvalue weighted by Crippen LogP contribution is 2.51. The molecule has 2 aliphatic rings. The van der Waals surface area contributed by atoms with Crippen LogP contribution in [-0.2, 0) is 4.79 Å². The molecular weight excluding hydrogens is 162 g/mol. The second-order valence-electron chi connectivity index (χ2n) is 4.71. The maximum absolute atomic E-state index is 11.4. The Hall–Kier alpha value is -0.790. The van der Waals surface area contributed by atoms with E-state index in [1.807, 2.05) is 17.9 Å². The Morgan fingerprint density at radius 2 is 2.08 bits per heavy atom. The van der Waals surface area contributed by atoms with Crippen LogP contribution in [0.4, 0.5) is 0 Å². The van der Waals surface area contributed by atoms with Gasteiger partial charge in [-0.25, -0.2) is 0 Å². The third kappa shape index (κ3) is 1.38. The fourth-order valence-corrected chi connectivity index (χ4v) is 2.84. The molecule has 72 valence electrons. The largest absolute Gasteiger partial charge is 0.338 e. The van der Waals surface area contributed by atoms with Gasteiger partial charge in [-0.05, 0) is 31.8 Å². The molecular formula is C11H17NO. The summed E-state index contributed by atoms with van der Waals surface area (Å²) in [4.78, 5) is 13.3. The molecule has 0 N–H and O–H groups in total. The van der Waals surface area contributed by atoms with Crippen molar-refractivity contribution in [2.24, 2.45) is 11.3 Å². The van der Waals surface area contributed by atoms with Crippen LogP contribution in [0.3, 0.4) is 0 Å². The zero-order valence-corrected chi connectivity index (χ0v) is 8.42. The van der Waals surface area contributed by atoms with Crippen molar-refractivity contribution in [1.82, 2.24) is 4.90 Å². The van der Waals surface area contributed by atoms with E-state index in [-0.39, 0.29) is 5.91 Å². The van der Waals surface area contributed by atoms with Gasteiger partial charge in [-0.3, -0.25) is 4.79 Å². The van der Waals surface area contributed by atoms with Gasteiger partial charge in [0.05, 0.1) is 0 Å². The molecule has 0 aromatic carbocycles. The predicted molar refractivity (Wildman–Crippen MR) is 52.2 cm³/mol. The molecule has 1 heterocycles. The Morgan fingerprint density at radius 3 is 2.54 bits per heavy atom. The zero-order valence-electron chi connectivity index (χ0n) is 8.42. The van der Waals surface area contributed by atoms with Crippen LogP contribution in [0, 0.1) is 11.3 Å². The first-order valence-corrected chi connectivity index (χ1v) is 5.07. The van der Waals surface area contributed by atoms with E-state index in [2.05, 4.69) is 6.92 Å². The first kappa shape index (κ1) is 8.79. The topological polar surface area (TPSA) is 20.3 Å². The summed E-state index contributed by atoms with van der Waals surface area (Å²) in [7, 11) is 0. The summed E-state index contributed by atoms with van der Waals surface area (Å²) >= 11 is 0. The molecule has 2 heteroatoms. The van der Waals surface area contributed by atoms with Crippen LogP contribution >= 0.6 is 0 Å². The highest BCUT2D eigenvalue weighted by atomic mass is 16.2. The monoisotopic (exact) mass is 179 g/mol. The summed E-state index contributed by atoms with van der Waals surface area (Å²) in [5.41, 5.74) is 0.538. The van der Waals surface area contributed by atoms with E-state index >= 15 is 0 Å². The molecule has 13 heavy (non-hydrogen) atoms. The van der Waals surface area contributed by atoms with Crippen LogP contribution in [0.25, 0.3) is 0 Å². The van der Waals surface area contributed by atoms with Crippen molar-refractivity contribution >= 4 is 5.91 Å². The van der Waals surface area contributed by atoms with E-state index in [1.54, 1.807) is 6.08 Å². The van der Waals surface area contributed by atoms with Crippen molar-refractivity contribution in [3.05, 3.63) is 12.2 Å². The third-order valence-corrected chi connectivity index (χ3v) is 3.24. The molecule has 2 fully saturated rings. The Morgan fingerprint density at radius 1 is 1.46 bits per heavy atom. The normalized spacial score (nSPS) is 26.2. The fourth-order valence-electron chi connectivity index (χ4n) is 2.84. The van der Waals surface area contributed by atoms with E-state index in [9.17, 15) is 4.79 Å². The number of carbonyl (C=O) groups is 1. The van der Waals surface area contributed by atoms with Gasteiger partial charge in [0.2, 0.25) is 5.91 Å². The Kier molecular flexibility index (Phi) is 1.94. The molecule has 0 radical (unpaired) electrons. The molecule has 0 atom stereocenters. The molecule has 1 spiro atoms. The van der Waals surface area contributed by atoms with Crippen LogP contribution in [0.2, 0.25) is 0 Å². The molecule has 1 saturated carbocycles. The number of rotatable bonds is 1. The fraction of sp³-hybridized carbons (Fsp3) is 0.727. The van der Waals surface area contributed by atoms with Crippen LogP contribution in [0.5, 0.6) is 0 Å². The minimum atomic E-state index is 0.188. The van der Waals surface area contributed by atoms with E-state index in [1.165, 1.54) is 12.8 Å². The van der Waals surface area contributed by atoms with Gasteiger partial charge in [0.25, 0.3) is 0 Å². The van der Waals surface area contributed by atoms with Gasteiger partial charge >= 0.3 is 0 Å². The number of carbonyl (C=O) groups excluding carboxylic acids is 1. The first-order valence-electron chi connectivity index (χ1n) is 5.07. The molecule has 1 saturated heterocycles. The number of hydrogen-bond donors (Lipinski definition) is 0. The van der Waals surface area contributed by atoms with Gasteiger partial charge in [0, 0.05) is 18.5 Å². The summed E-state index contributed by atoms with van der Waals surface area (Å²) < 4.78 is 0. The van der Waals surface area contributed by atoms with E-state index in [0.29, 0.717) is 5.41 Å². The Bertz CT molecular complexity index is 243. The minimum Gasteiger partial charge on any atom is -0.338 e. The van der Waals surface area contributed by atoms with Crippen molar-refractivity contribution in [3.8, 4) is 0 Å². The SMILES string of the molecule is CC=CC(=O)N1CC2(CC(C)C2)C1. The smallest absolute Gasteiger partial charge is 0.246 e. The lowest BCUT2D eigenvalue weighted by Gasteiger charge is -2.58. The van der Waals surface area contributed by atoms with Gasteiger partial charge in [0.1, 0.15) is 0 Å². The standard InChI is InChI=1S/C11H17NO/c1-3-4-10(13)12-7-11(8-12)5-9(2)6-11/h3-4,9H,5-8H2,1-2H3. The number of allylic oxidation sites excluding steroid dienone is 1. The van der Waals surface area contributed by atoms with Crippen LogP contribution in [0.15, 0.2) is 12.2 Å². The molecule has 1 aliphatic heterocycles. The van der Waals surface area contributed by atoms with E-state index in [4.69, 9.17) is 0 Å². The Balaban J connectivity index is 1.82. The van der Waals surface area contributed by atoms with Crippen molar-refractivity contribution in [2.45, 2.75) is 26.7 Å². The van der Waals surface area contributed by atoms with Crippen molar-refractivity contribution in [3.63, 3.8) is 0 Å². The Labute approximate surface area is 79.6 Å². The summed E-state index contributed by atoms with van der Waals surface area (Å²) in [5, 5.41) is 0. The molecule has 2 nitrogen and oxygen atoms in total. The van der Waals surface area contributed by atoms with Crippen molar-refractivity contribution < 1.29 is 4.79 Å². The maximum Gasteiger partial charge on any atom is 0.246 e. The summed E-state index contributed by atoms with van der Waals surface area (Å²) in [5.74, 6) is 1.08. The van der Waals surface area contributed by atoms with Gasteiger partial charge in [-0.2, -0.15) is 0 Å². The van der Waals surface area contributed by atoms with Gasteiger partial charge in [0.15, 0.2) is 0 Å². The second-order valence-corrected chi connectivity index (χ2v) is 4.71. The van der Waals surface area contributed by atoms with E-state index < -0.39 is 0 Å². The lowest BCUT2D eigenvalue weighted by atomic mass is 9.58. The maximum atomic E-state index is 11.4. The number of nitrogens with zero attached hydrogens (tertiary/aromatic N) is 1.